The van der Waals surface area contributed by atoms with Crippen molar-refractivity contribution >= 4 is 0 Å². The fourth-order valence-electron chi connectivity index (χ4n) is 2.26. The molecule has 0 aliphatic carbocycles. The van der Waals surface area contributed by atoms with Gasteiger partial charge in [0, 0.05) is 33.3 Å². The van der Waals surface area contributed by atoms with Gasteiger partial charge in [-0.2, -0.15) is 0 Å². The molecule has 0 aromatic rings. The summed E-state index contributed by atoms with van der Waals surface area (Å²) in [4.78, 5) is 2.30. The van der Waals surface area contributed by atoms with Gasteiger partial charge in [-0.25, -0.2) is 0 Å². The highest BCUT2D eigenvalue weighted by molar-refractivity contribution is 4.82. The van der Waals surface area contributed by atoms with Crippen molar-refractivity contribution in [2.45, 2.75) is 26.7 Å². The molecule has 17 heavy (non-hydrogen) atoms. The van der Waals surface area contributed by atoms with Gasteiger partial charge >= 0.3 is 0 Å². The first kappa shape index (κ1) is 16.8. The standard InChI is InChI=1S/C13H30N2O2/c1-5-13(6-2,11-14-3)12-15(7-9-16)8-10-17-4/h14,16H,5-12H2,1-4H3. The molecule has 0 amide bonds. The minimum Gasteiger partial charge on any atom is -0.395 e. The lowest BCUT2D eigenvalue weighted by atomic mass is 9.81. The van der Waals surface area contributed by atoms with Gasteiger partial charge in [0.15, 0.2) is 0 Å². The molecule has 0 atom stereocenters. The molecule has 104 valence electrons. The lowest BCUT2D eigenvalue weighted by Gasteiger charge is -2.37. The van der Waals surface area contributed by atoms with E-state index in [1.54, 1.807) is 7.11 Å². The average Bonchev–Trinajstić information content (AvgIpc) is 2.35. The molecule has 0 aliphatic heterocycles. The number of aliphatic hydroxyl groups is 1. The highest BCUT2D eigenvalue weighted by atomic mass is 16.5. The van der Waals surface area contributed by atoms with Gasteiger partial charge in [0.1, 0.15) is 0 Å². The molecule has 0 rings (SSSR count). The van der Waals surface area contributed by atoms with Crippen LogP contribution in [0.2, 0.25) is 0 Å². The number of nitrogens with one attached hydrogen (secondary N) is 1. The maximum atomic E-state index is 9.11. The molecule has 0 spiro atoms. The first-order valence-electron chi connectivity index (χ1n) is 6.64. The number of methoxy groups -OCH3 is 1. The van der Waals surface area contributed by atoms with Gasteiger partial charge < -0.3 is 15.2 Å². The Morgan fingerprint density at radius 1 is 1.24 bits per heavy atom. The first-order valence-corrected chi connectivity index (χ1v) is 6.64. The van der Waals surface area contributed by atoms with Crippen LogP contribution in [0.5, 0.6) is 0 Å². The van der Waals surface area contributed by atoms with E-state index in [9.17, 15) is 0 Å². The Morgan fingerprint density at radius 3 is 2.29 bits per heavy atom. The summed E-state index contributed by atoms with van der Waals surface area (Å²) < 4.78 is 5.12. The summed E-state index contributed by atoms with van der Waals surface area (Å²) in [7, 11) is 3.73. The second-order valence-electron chi connectivity index (χ2n) is 4.73. The molecule has 2 N–H and O–H groups in total. The summed E-state index contributed by atoms with van der Waals surface area (Å²) in [5, 5.41) is 12.4. The van der Waals surface area contributed by atoms with E-state index in [1.807, 2.05) is 7.05 Å². The Kier molecular flexibility index (Phi) is 9.74. The lowest BCUT2D eigenvalue weighted by Crippen LogP contribution is -2.44. The minimum atomic E-state index is 0.215. The van der Waals surface area contributed by atoms with Crippen molar-refractivity contribution in [1.29, 1.82) is 0 Å². The summed E-state index contributed by atoms with van der Waals surface area (Å²) in [5.74, 6) is 0. The van der Waals surface area contributed by atoms with Crippen LogP contribution in [-0.2, 0) is 4.74 Å². The molecule has 4 heteroatoms. The van der Waals surface area contributed by atoms with Gasteiger partial charge in [-0.05, 0) is 25.3 Å². The highest BCUT2D eigenvalue weighted by Gasteiger charge is 2.27. The first-order chi connectivity index (χ1) is 8.17. The monoisotopic (exact) mass is 246 g/mol. The van der Waals surface area contributed by atoms with Crippen LogP contribution in [0.4, 0.5) is 0 Å². The van der Waals surface area contributed by atoms with Crippen LogP contribution in [0.3, 0.4) is 0 Å². The molecule has 0 radical (unpaired) electrons. The van der Waals surface area contributed by atoms with Crippen LogP contribution in [0.25, 0.3) is 0 Å². The van der Waals surface area contributed by atoms with Crippen molar-refractivity contribution in [2.75, 3.05) is 53.6 Å². The van der Waals surface area contributed by atoms with Gasteiger partial charge in [-0.15, -0.1) is 0 Å². The van der Waals surface area contributed by atoms with Crippen molar-refractivity contribution in [3.05, 3.63) is 0 Å². The van der Waals surface area contributed by atoms with Gasteiger partial charge in [-0.3, -0.25) is 4.90 Å². The number of rotatable bonds is 11. The van der Waals surface area contributed by atoms with E-state index in [0.29, 0.717) is 5.41 Å². The zero-order valence-corrected chi connectivity index (χ0v) is 12.0. The average molecular weight is 246 g/mol. The molecule has 0 aromatic heterocycles. The molecule has 0 fully saturated rings. The van der Waals surface area contributed by atoms with Crippen LogP contribution in [-0.4, -0.2) is 63.6 Å². The third-order valence-electron chi connectivity index (χ3n) is 3.64. The predicted molar refractivity (Wildman–Crippen MR) is 72.3 cm³/mol. The Morgan fingerprint density at radius 2 is 1.88 bits per heavy atom. The molecule has 4 nitrogen and oxygen atoms in total. The van der Waals surface area contributed by atoms with Crippen LogP contribution in [0.1, 0.15) is 26.7 Å². The molecule has 0 saturated carbocycles. The zero-order chi connectivity index (χ0) is 13.1. The van der Waals surface area contributed by atoms with Crippen molar-refractivity contribution in [2.24, 2.45) is 5.41 Å². The van der Waals surface area contributed by atoms with E-state index >= 15 is 0 Å². The van der Waals surface area contributed by atoms with E-state index in [2.05, 4.69) is 24.1 Å². The molecule has 0 saturated heterocycles. The molecular formula is C13H30N2O2. The Balaban J connectivity index is 4.42. The fraction of sp³-hybridized carbons (Fsp3) is 1.00. The third-order valence-corrected chi connectivity index (χ3v) is 3.64. The van der Waals surface area contributed by atoms with Gasteiger partial charge in [0.05, 0.1) is 13.2 Å². The summed E-state index contributed by atoms with van der Waals surface area (Å²) in [6.45, 7) is 9.09. The van der Waals surface area contributed by atoms with Crippen molar-refractivity contribution < 1.29 is 9.84 Å². The van der Waals surface area contributed by atoms with Crippen molar-refractivity contribution in [3.63, 3.8) is 0 Å². The van der Waals surface area contributed by atoms with Gasteiger partial charge in [0.25, 0.3) is 0 Å². The molecule has 0 unspecified atom stereocenters. The minimum absolute atomic E-state index is 0.215. The third kappa shape index (κ3) is 6.36. The summed E-state index contributed by atoms with van der Waals surface area (Å²) in [5.41, 5.74) is 0.303. The Labute approximate surface area is 106 Å². The number of hydrogen-bond donors (Lipinski definition) is 2. The fourth-order valence-corrected chi connectivity index (χ4v) is 2.26. The Bertz CT molecular complexity index is 173. The number of ether oxygens (including phenoxy) is 1. The zero-order valence-electron chi connectivity index (χ0n) is 12.0. The van der Waals surface area contributed by atoms with Crippen molar-refractivity contribution in [1.82, 2.24) is 10.2 Å². The number of hydrogen-bond acceptors (Lipinski definition) is 4. The van der Waals surface area contributed by atoms with Crippen LogP contribution >= 0.6 is 0 Å². The molecule has 0 heterocycles. The highest BCUT2D eigenvalue weighted by Crippen LogP contribution is 2.26. The second-order valence-corrected chi connectivity index (χ2v) is 4.73. The molecular weight excluding hydrogens is 216 g/mol. The number of aliphatic hydroxyl groups excluding tert-OH is 1. The summed E-state index contributed by atoms with van der Waals surface area (Å²) in [6.07, 6.45) is 2.30. The maximum Gasteiger partial charge on any atom is 0.0589 e. The van der Waals surface area contributed by atoms with E-state index < -0.39 is 0 Å². The quantitative estimate of drug-likeness (QED) is 0.570. The molecule has 0 bridgehead atoms. The van der Waals surface area contributed by atoms with Crippen LogP contribution < -0.4 is 5.32 Å². The van der Waals surface area contributed by atoms with E-state index in [4.69, 9.17) is 9.84 Å². The summed E-state index contributed by atoms with van der Waals surface area (Å²) in [6, 6.07) is 0. The SMILES string of the molecule is CCC(CC)(CNC)CN(CCO)CCOC. The van der Waals surface area contributed by atoms with Crippen LogP contribution in [0, 0.1) is 5.41 Å². The van der Waals surface area contributed by atoms with Gasteiger partial charge in [0.2, 0.25) is 0 Å². The normalized spacial score (nSPS) is 12.4. The van der Waals surface area contributed by atoms with E-state index in [0.717, 1.165) is 45.6 Å². The number of nitrogens with zero attached hydrogens (tertiary/aromatic N) is 1. The summed E-state index contributed by atoms with van der Waals surface area (Å²) >= 11 is 0. The van der Waals surface area contributed by atoms with Gasteiger partial charge in [-0.1, -0.05) is 13.8 Å². The maximum absolute atomic E-state index is 9.11. The topological polar surface area (TPSA) is 44.7 Å². The largest absolute Gasteiger partial charge is 0.395 e. The Hall–Kier alpha value is -0.160. The smallest absolute Gasteiger partial charge is 0.0589 e. The molecule has 0 aliphatic rings. The molecule has 0 aromatic carbocycles. The van der Waals surface area contributed by atoms with Crippen molar-refractivity contribution in [3.8, 4) is 0 Å². The van der Waals surface area contributed by atoms with E-state index in [1.165, 1.54) is 0 Å². The second kappa shape index (κ2) is 9.83. The van der Waals surface area contributed by atoms with Crippen LogP contribution in [0.15, 0.2) is 0 Å². The van der Waals surface area contributed by atoms with E-state index in [-0.39, 0.29) is 6.61 Å². The lowest BCUT2D eigenvalue weighted by molar-refractivity contribution is 0.0849. The predicted octanol–water partition coefficient (Wildman–Crippen LogP) is 0.953.